The van der Waals surface area contributed by atoms with E-state index in [4.69, 9.17) is 0 Å². The third-order valence-corrected chi connectivity index (χ3v) is 5.20. The van der Waals surface area contributed by atoms with E-state index in [9.17, 15) is 9.90 Å². The molecule has 1 aromatic rings. The number of carbonyl (C=O) groups is 1. The number of amides is 1. The largest absolute Gasteiger partial charge is 0.394 e. The van der Waals surface area contributed by atoms with Gasteiger partial charge < -0.3 is 10.4 Å². The third-order valence-electron chi connectivity index (χ3n) is 5.20. The highest BCUT2D eigenvalue weighted by Crippen LogP contribution is 2.32. The van der Waals surface area contributed by atoms with Crippen LogP contribution >= 0.6 is 0 Å². The highest BCUT2D eigenvalue weighted by molar-refractivity contribution is 5.95. The summed E-state index contributed by atoms with van der Waals surface area (Å²) in [7, 11) is 0. The number of nitrogens with one attached hydrogen (secondary N) is 1. The van der Waals surface area contributed by atoms with Crippen LogP contribution in [0.25, 0.3) is 0 Å². The number of rotatable bonds is 4. The zero-order valence-electron chi connectivity index (χ0n) is 12.8. The summed E-state index contributed by atoms with van der Waals surface area (Å²) in [6, 6.07) is 0.449. The first kappa shape index (κ1) is 14.6. The molecule has 0 aliphatic heterocycles. The van der Waals surface area contributed by atoms with Gasteiger partial charge >= 0.3 is 0 Å². The number of aliphatic hydroxyl groups is 1. The van der Waals surface area contributed by atoms with Gasteiger partial charge in [0.1, 0.15) is 0 Å². The van der Waals surface area contributed by atoms with E-state index in [0.29, 0.717) is 11.6 Å². The normalized spacial score (nSPS) is 21.8. The van der Waals surface area contributed by atoms with Crippen molar-refractivity contribution in [3.8, 4) is 0 Å². The molecule has 2 aliphatic rings. The van der Waals surface area contributed by atoms with Gasteiger partial charge in [0.2, 0.25) is 0 Å². The van der Waals surface area contributed by atoms with E-state index in [1.807, 2.05) is 11.6 Å². The second-order valence-corrected chi connectivity index (χ2v) is 6.63. The molecule has 0 radical (unpaired) electrons. The minimum atomic E-state index is -0.418. The number of nitrogens with zero attached hydrogens (tertiary/aromatic N) is 2. The van der Waals surface area contributed by atoms with Crippen molar-refractivity contribution in [3.63, 3.8) is 0 Å². The lowest BCUT2D eigenvalue weighted by Gasteiger charge is -2.27. The molecular weight excluding hydrogens is 266 g/mol. The molecular formula is C16H25N3O2. The summed E-state index contributed by atoms with van der Waals surface area (Å²) in [5, 5.41) is 17.1. The van der Waals surface area contributed by atoms with Crippen LogP contribution in [0.5, 0.6) is 0 Å². The molecule has 5 heteroatoms. The topological polar surface area (TPSA) is 67.2 Å². The van der Waals surface area contributed by atoms with Crippen molar-refractivity contribution in [2.75, 3.05) is 6.61 Å². The van der Waals surface area contributed by atoms with Gasteiger partial charge in [-0.3, -0.25) is 9.48 Å². The van der Waals surface area contributed by atoms with Crippen LogP contribution in [0.2, 0.25) is 0 Å². The second kappa shape index (κ2) is 5.79. The van der Waals surface area contributed by atoms with Gasteiger partial charge in [-0.05, 0) is 32.6 Å². The maximum absolute atomic E-state index is 12.5. The van der Waals surface area contributed by atoms with Crippen LogP contribution in [-0.4, -0.2) is 32.9 Å². The van der Waals surface area contributed by atoms with Crippen molar-refractivity contribution in [3.05, 3.63) is 17.5 Å². The third kappa shape index (κ3) is 2.71. The Balaban J connectivity index is 1.75. The van der Waals surface area contributed by atoms with E-state index < -0.39 is 5.54 Å². The molecule has 116 valence electrons. The molecule has 2 N–H and O–H groups in total. The summed E-state index contributed by atoms with van der Waals surface area (Å²) in [5.41, 5.74) is 1.19. The highest BCUT2D eigenvalue weighted by atomic mass is 16.3. The molecule has 0 spiro atoms. The van der Waals surface area contributed by atoms with E-state index in [1.54, 1.807) is 6.20 Å². The van der Waals surface area contributed by atoms with Crippen LogP contribution in [0.3, 0.4) is 0 Å². The fourth-order valence-corrected chi connectivity index (χ4v) is 3.85. The first-order valence-corrected chi connectivity index (χ1v) is 8.13. The fraction of sp³-hybridized carbons (Fsp3) is 0.750. The lowest BCUT2D eigenvalue weighted by Crippen LogP contribution is -2.49. The summed E-state index contributed by atoms with van der Waals surface area (Å²) in [6.07, 6.45) is 10.4. The molecule has 0 atom stereocenters. The summed E-state index contributed by atoms with van der Waals surface area (Å²) < 4.78 is 2.02. The van der Waals surface area contributed by atoms with Gasteiger partial charge in [-0.1, -0.05) is 25.7 Å². The van der Waals surface area contributed by atoms with Crippen molar-refractivity contribution in [1.29, 1.82) is 0 Å². The SMILES string of the molecule is Cc1c(C(=O)NC2(CO)CCCC2)cnn1C1CCCC1. The Kier molecular flexibility index (Phi) is 4.02. The molecule has 1 amide bonds. The van der Waals surface area contributed by atoms with Crippen molar-refractivity contribution in [2.45, 2.75) is 69.9 Å². The molecule has 3 rings (SSSR count). The Morgan fingerprint density at radius 1 is 1.38 bits per heavy atom. The Labute approximate surface area is 125 Å². The van der Waals surface area contributed by atoms with Gasteiger partial charge in [-0.2, -0.15) is 5.10 Å². The van der Waals surface area contributed by atoms with Crippen LogP contribution in [0, 0.1) is 6.92 Å². The minimum absolute atomic E-state index is 0.0224. The lowest BCUT2D eigenvalue weighted by molar-refractivity contribution is 0.0837. The zero-order chi connectivity index (χ0) is 14.9. The van der Waals surface area contributed by atoms with Crippen molar-refractivity contribution >= 4 is 5.91 Å². The quantitative estimate of drug-likeness (QED) is 0.894. The molecule has 0 unspecified atom stereocenters. The van der Waals surface area contributed by atoms with E-state index in [2.05, 4.69) is 10.4 Å². The summed E-state index contributed by atoms with van der Waals surface area (Å²) >= 11 is 0. The minimum Gasteiger partial charge on any atom is -0.394 e. The predicted octanol–water partition coefficient (Wildman–Crippen LogP) is 2.34. The van der Waals surface area contributed by atoms with Crippen LogP contribution in [0.4, 0.5) is 0 Å². The first-order chi connectivity index (χ1) is 10.2. The molecule has 5 nitrogen and oxygen atoms in total. The molecule has 0 saturated heterocycles. The molecule has 2 fully saturated rings. The molecule has 2 aliphatic carbocycles. The van der Waals surface area contributed by atoms with Crippen LogP contribution < -0.4 is 5.32 Å². The van der Waals surface area contributed by atoms with Gasteiger partial charge in [0.05, 0.1) is 29.9 Å². The molecule has 1 aromatic heterocycles. The summed E-state index contributed by atoms with van der Waals surface area (Å²) in [5.74, 6) is -0.0901. The summed E-state index contributed by atoms with van der Waals surface area (Å²) in [4.78, 5) is 12.5. The zero-order valence-corrected chi connectivity index (χ0v) is 12.8. The Morgan fingerprint density at radius 2 is 2.05 bits per heavy atom. The number of aliphatic hydroxyl groups excluding tert-OH is 1. The molecule has 0 bridgehead atoms. The van der Waals surface area contributed by atoms with Gasteiger partial charge in [0.15, 0.2) is 0 Å². The second-order valence-electron chi connectivity index (χ2n) is 6.63. The van der Waals surface area contributed by atoms with E-state index in [0.717, 1.165) is 44.2 Å². The maximum atomic E-state index is 12.5. The number of aromatic nitrogens is 2. The Hall–Kier alpha value is -1.36. The van der Waals surface area contributed by atoms with Crippen LogP contribution in [-0.2, 0) is 0 Å². The van der Waals surface area contributed by atoms with Crippen LogP contribution in [0.15, 0.2) is 6.20 Å². The van der Waals surface area contributed by atoms with Gasteiger partial charge in [0, 0.05) is 5.69 Å². The average molecular weight is 291 g/mol. The van der Waals surface area contributed by atoms with Crippen molar-refractivity contribution in [2.24, 2.45) is 0 Å². The van der Waals surface area contributed by atoms with Crippen molar-refractivity contribution < 1.29 is 9.90 Å². The van der Waals surface area contributed by atoms with E-state index in [1.165, 1.54) is 12.8 Å². The molecule has 1 heterocycles. The van der Waals surface area contributed by atoms with Gasteiger partial charge in [-0.25, -0.2) is 0 Å². The van der Waals surface area contributed by atoms with Gasteiger partial charge in [0.25, 0.3) is 5.91 Å². The smallest absolute Gasteiger partial charge is 0.255 e. The number of carbonyl (C=O) groups excluding carboxylic acids is 1. The van der Waals surface area contributed by atoms with E-state index >= 15 is 0 Å². The molecule has 21 heavy (non-hydrogen) atoms. The van der Waals surface area contributed by atoms with Crippen LogP contribution in [0.1, 0.15) is 73.5 Å². The molecule has 2 saturated carbocycles. The van der Waals surface area contributed by atoms with Crippen molar-refractivity contribution in [1.82, 2.24) is 15.1 Å². The monoisotopic (exact) mass is 291 g/mol. The Bertz CT molecular complexity index is 512. The number of hydrogen-bond donors (Lipinski definition) is 2. The average Bonchev–Trinajstić information content (AvgIpc) is 3.18. The number of hydrogen-bond acceptors (Lipinski definition) is 3. The first-order valence-electron chi connectivity index (χ1n) is 8.13. The fourth-order valence-electron chi connectivity index (χ4n) is 3.85. The highest BCUT2D eigenvalue weighted by Gasteiger charge is 2.35. The standard InChI is InChI=1S/C16H25N3O2/c1-12-14(10-17-19(12)13-6-2-3-7-13)15(21)18-16(11-20)8-4-5-9-16/h10,13,20H,2-9,11H2,1H3,(H,18,21). The van der Waals surface area contributed by atoms with E-state index in [-0.39, 0.29) is 12.5 Å². The maximum Gasteiger partial charge on any atom is 0.255 e. The van der Waals surface area contributed by atoms with Gasteiger partial charge in [-0.15, -0.1) is 0 Å². The summed E-state index contributed by atoms with van der Waals surface area (Å²) in [6.45, 7) is 2.00. The Morgan fingerprint density at radius 3 is 2.67 bits per heavy atom. The lowest BCUT2D eigenvalue weighted by atomic mass is 9.98. The predicted molar refractivity (Wildman–Crippen MR) is 80.2 cm³/mol. The molecule has 0 aromatic carbocycles.